The Hall–Kier alpha value is -2.45. The van der Waals surface area contributed by atoms with E-state index in [1.807, 2.05) is 6.07 Å². The van der Waals surface area contributed by atoms with Gasteiger partial charge < -0.3 is 5.32 Å². The van der Waals surface area contributed by atoms with Gasteiger partial charge in [-0.2, -0.15) is 0 Å². The van der Waals surface area contributed by atoms with Crippen LogP contribution >= 0.6 is 0 Å². The van der Waals surface area contributed by atoms with Gasteiger partial charge in [-0.3, -0.25) is 4.79 Å². The van der Waals surface area contributed by atoms with E-state index >= 15 is 0 Å². The number of rotatable bonds is 1. The van der Waals surface area contributed by atoms with E-state index in [0.29, 0.717) is 5.78 Å². The smallest absolute Gasteiger partial charge is 0.168 e. The van der Waals surface area contributed by atoms with Crippen LogP contribution in [0.25, 0.3) is 10.8 Å². The Balaban J connectivity index is 1.57. The molecule has 2 aliphatic rings. The van der Waals surface area contributed by atoms with Crippen molar-refractivity contribution in [1.82, 2.24) is 5.32 Å². The molecule has 3 aromatic rings. The molecule has 1 heterocycles. The predicted molar refractivity (Wildman–Crippen MR) is 101 cm³/mol. The molecular formula is C23H21NO. The normalized spacial score (nSPS) is 22.5. The molecule has 0 fully saturated rings. The maximum absolute atomic E-state index is 13.3. The van der Waals surface area contributed by atoms with Gasteiger partial charge in [0, 0.05) is 17.5 Å². The zero-order valence-corrected chi connectivity index (χ0v) is 14.2. The Morgan fingerprint density at radius 3 is 2.68 bits per heavy atom. The third kappa shape index (κ3) is 2.32. The van der Waals surface area contributed by atoms with Crippen molar-refractivity contribution in [3.05, 3.63) is 82.9 Å². The molecule has 0 bridgehead atoms. The summed E-state index contributed by atoms with van der Waals surface area (Å²) in [6.45, 7) is 0.954. The molecule has 3 aromatic carbocycles. The minimum Gasteiger partial charge on any atom is -0.309 e. The second kappa shape index (κ2) is 5.82. The fraction of sp³-hybridized carbons (Fsp3) is 0.261. The molecule has 0 saturated carbocycles. The monoisotopic (exact) mass is 327 g/mol. The fourth-order valence-electron chi connectivity index (χ4n) is 4.68. The van der Waals surface area contributed by atoms with Crippen LogP contribution in [0.5, 0.6) is 0 Å². The molecule has 1 aliphatic heterocycles. The van der Waals surface area contributed by atoms with E-state index in [-0.39, 0.29) is 12.0 Å². The van der Waals surface area contributed by atoms with E-state index < -0.39 is 0 Å². The molecule has 2 heteroatoms. The first-order chi connectivity index (χ1) is 12.3. The zero-order valence-electron chi connectivity index (χ0n) is 14.2. The van der Waals surface area contributed by atoms with Gasteiger partial charge in [-0.25, -0.2) is 0 Å². The highest BCUT2D eigenvalue weighted by Crippen LogP contribution is 2.39. The third-order valence-corrected chi connectivity index (χ3v) is 5.90. The molecular weight excluding hydrogens is 306 g/mol. The molecule has 1 N–H and O–H groups in total. The molecule has 0 spiro atoms. The number of Topliss-reactive ketones (excluding diaryl/α,β-unsaturated/α-hetero) is 1. The molecule has 0 radical (unpaired) electrons. The van der Waals surface area contributed by atoms with Gasteiger partial charge in [-0.05, 0) is 53.3 Å². The van der Waals surface area contributed by atoms with E-state index in [4.69, 9.17) is 0 Å². The average molecular weight is 327 g/mol. The summed E-state index contributed by atoms with van der Waals surface area (Å²) < 4.78 is 0. The Labute approximate surface area is 147 Å². The van der Waals surface area contributed by atoms with Crippen LogP contribution in [0.3, 0.4) is 0 Å². The van der Waals surface area contributed by atoms with E-state index in [9.17, 15) is 4.79 Å². The number of benzene rings is 3. The summed E-state index contributed by atoms with van der Waals surface area (Å²) in [6, 6.07) is 21.3. The van der Waals surface area contributed by atoms with Crippen molar-refractivity contribution in [3.63, 3.8) is 0 Å². The predicted octanol–water partition coefficient (Wildman–Crippen LogP) is 4.47. The molecule has 5 rings (SSSR count). The lowest BCUT2D eigenvalue weighted by Crippen LogP contribution is -2.39. The number of aryl methyl sites for hydroxylation is 1. The van der Waals surface area contributed by atoms with Crippen molar-refractivity contribution in [2.75, 3.05) is 6.54 Å². The highest BCUT2D eigenvalue weighted by molar-refractivity contribution is 6.05. The van der Waals surface area contributed by atoms with E-state index in [1.165, 1.54) is 27.5 Å². The van der Waals surface area contributed by atoms with Crippen LogP contribution in [0.2, 0.25) is 0 Å². The largest absolute Gasteiger partial charge is 0.309 e. The van der Waals surface area contributed by atoms with Crippen LogP contribution in [0.4, 0.5) is 0 Å². The first kappa shape index (κ1) is 14.9. The van der Waals surface area contributed by atoms with Crippen LogP contribution in [0.1, 0.15) is 39.5 Å². The average Bonchev–Trinajstić information content (AvgIpc) is 2.68. The number of carbonyl (C=O) groups is 1. The van der Waals surface area contributed by atoms with Crippen molar-refractivity contribution < 1.29 is 4.79 Å². The highest BCUT2D eigenvalue weighted by atomic mass is 16.1. The zero-order chi connectivity index (χ0) is 16.8. The van der Waals surface area contributed by atoms with Gasteiger partial charge in [0.15, 0.2) is 5.78 Å². The minimum atomic E-state index is 0.0371. The Bertz CT molecular complexity index is 975. The van der Waals surface area contributed by atoms with Gasteiger partial charge in [0.05, 0.1) is 0 Å². The topological polar surface area (TPSA) is 29.1 Å². The lowest BCUT2D eigenvalue weighted by molar-refractivity contribution is 0.0864. The van der Waals surface area contributed by atoms with Gasteiger partial charge in [0.25, 0.3) is 0 Å². The Morgan fingerprint density at radius 1 is 0.880 bits per heavy atom. The first-order valence-electron chi connectivity index (χ1n) is 9.19. The fourth-order valence-corrected chi connectivity index (χ4v) is 4.68. The number of fused-ring (bicyclic) bond motifs is 4. The molecule has 2 unspecified atom stereocenters. The van der Waals surface area contributed by atoms with Gasteiger partial charge in [-0.15, -0.1) is 0 Å². The summed E-state index contributed by atoms with van der Waals surface area (Å²) in [5.41, 5.74) is 4.88. The second-order valence-corrected chi connectivity index (χ2v) is 7.20. The van der Waals surface area contributed by atoms with Crippen molar-refractivity contribution >= 4 is 16.6 Å². The summed E-state index contributed by atoms with van der Waals surface area (Å²) in [5.74, 6) is 0.344. The lowest BCUT2D eigenvalue weighted by Gasteiger charge is -2.35. The van der Waals surface area contributed by atoms with Gasteiger partial charge >= 0.3 is 0 Å². The van der Waals surface area contributed by atoms with Crippen LogP contribution < -0.4 is 5.32 Å². The SMILES string of the molecule is O=C1c2ccc3ccccc3c2CCC1C1NCCc2ccccc21. The number of ketones is 1. The van der Waals surface area contributed by atoms with E-state index in [1.54, 1.807) is 0 Å². The summed E-state index contributed by atoms with van der Waals surface area (Å²) in [6.07, 6.45) is 2.95. The number of nitrogens with one attached hydrogen (secondary N) is 1. The maximum atomic E-state index is 13.3. The molecule has 124 valence electrons. The second-order valence-electron chi connectivity index (χ2n) is 7.20. The van der Waals surface area contributed by atoms with Crippen LogP contribution in [0.15, 0.2) is 60.7 Å². The van der Waals surface area contributed by atoms with Gasteiger partial charge in [0.2, 0.25) is 0 Å². The van der Waals surface area contributed by atoms with Crippen molar-refractivity contribution in [2.45, 2.75) is 25.3 Å². The highest BCUT2D eigenvalue weighted by Gasteiger charge is 2.36. The van der Waals surface area contributed by atoms with Crippen LogP contribution in [0, 0.1) is 5.92 Å². The summed E-state index contributed by atoms with van der Waals surface area (Å²) in [5, 5.41) is 6.09. The quantitative estimate of drug-likeness (QED) is 0.714. The minimum absolute atomic E-state index is 0.0371. The summed E-state index contributed by atoms with van der Waals surface area (Å²) in [7, 11) is 0. The molecule has 1 aliphatic carbocycles. The van der Waals surface area contributed by atoms with Crippen LogP contribution in [-0.2, 0) is 12.8 Å². The van der Waals surface area contributed by atoms with Crippen molar-refractivity contribution in [2.24, 2.45) is 5.92 Å². The summed E-state index contributed by atoms with van der Waals surface area (Å²) >= 11 is 0. The maximum Gasteiger partial charge on any atom is 0.168 e. The van der Waals surface area contributed by atoms with E-state index in [2.05, 4.69) is 59.9 Å². The summed E-state index contributed by atoms with van der Waals surface area (Å²) in [4.78, 5) is 13.3. The molecule has 0 saturated heterocycles. The first-order valence-corrected chi connectivity index (χ1v) is 9.19. The Morgan fingerprint density at radius 2 is 1.72 bits per heavy atom. The number of hydrogen-bond donors (Lipinski definition) is 1. The van der Waals surface area contributed by atoms with Gasteiger partial charge in [0.1, 0.15) is 0 Å². The molecule has 25 heavy (non-hydrogen) atoms. The van der Waals surface area contributed by atoms with Crippen LogP contribution in [-0.4, -0.2) is 12.3 Å². The van der Waals surface area contributed by atoms with E-state index in [0.717, 1.165) is 31.4 Å². The number of carbonyl (C=O) groups excluding carboxylic acids is 1. The standard InChI is InChI=1S/C23H21NO/c25-23-20-10-9-15-5-1-3-7-17(15)19(20)11-12-21(23)22-18-8-4-2-6-16(18)13-14-24-22/h1-10,21-22,24H,11-14H2. The molecule has 2 atom stereocenters. The van der Waals surface area contributed by atoms with Crippen molar-refractivity contribution in [3.8, 4) is 0 Å². The lowest BCUT2D eigenvalue weighted by atomic mass is 9.74. The molecule has 2 nitrogen and oxygen atoms in total. The van der Waals surface area contributed by atoms with Crippen molar-refractivity contribution in [1.29, 1.82) is 0 Å². The third-order valence-electron chi connectivity index (χ3n) is 5.90. The molecule has 0 amide bonds. The number of hydrogen-bond acceptors (Lipinski definition) is 2. The molecule has 0 aromatic heterocycles. The Kier molecular flexibility index (Phi) is 3.46. The van der Waals surface area contributed by atoms with Gasteiger partial charge in [-0.1, -0.05) is 60.7 Å².